The number of phosphoric acid groups is 2. The molecule has 626 valence electrons. The molecule has 0 radical (unpaired) electrons. The summed E-state index contributed by atoms with van der Waals surface area (Å²) < 4.78 is 89.8. The second-order valence-corrected chi connectivity index (χ2v) is 32.8. The highest BCUT2D eigenvalue weighted by atomic mass is 31.2. The van der Waals surface area contributed by atoms with Crippen molar-refractivity contribution in [2.75, 3.05) is 85.7 Å². The van der Waals surface area contributed by atoms with Crippen LogP contribution in [0.5, 0.6) is 0 Å². The fourth-order valence-corrected chi connectivity index (χ4v) is 16.5. The van der Waals surface area contributed by atoms with Crippen LogP contribution in [0.2, 0.25) is 0 Å². The van der Waals surface area contributed by atoms with Crippen LogP contribution < -0.4 is 0 Å². The maximum Gasteiger partial charge on any atom is 0.472 e. The summed E-state index contributed by atoms with van der Waals surface area (Å²) in [6, 6.07) is -2.26. The first kappa shape index (κ1) is 93.8. The smallest absolute Gasteiger partial charge is 0.394 e. The van der Waals surface area contributed by atoms with Gasteiger partial charge in [0.1, 0.15) is 54.0 Å². The van der Waals surface area contributed by atoms with Crippen molar-refractivity contribution in [3.05, 3.63) is 0 Å². The molecule has 0 bridgehead atoms. The Kier molecular flexibility index (Phi) is 42.0. The number of nitrogens with zero attached hydrogens (tertiary/aromatic N) is 3. The Morgan fingerprint density at radius 1 is 0.389 bits per heavy atom. The third-order valence-electron chi connectivity index (χ3n) is 21.2. The molecule has 6 rings (SSSR count). The number of carbonyl (C=O) groups excluding carboxylic acids is 6. The van der Waals surface area contributed by atoms with Gasteiger partial charge in [0.25, 0.3) is 0 Å². The van der Waals surface area contributed by atoms with Gasteiger partial charge in [-0.25, -0.2) is 9.13 Å². The lowest BCUT2D eigenvalue weighted by molar-refractivity contribution is -0.282. The summed E-state index contributed by atoms with van der Waals surface area (Å²) in [7, 11) is -9.90. The maximum absolute atomic E-state index is 14.1. The minimum Gasteiger partial charge on any atom is -0.394 e. The lowest BCUT2D eigenvalue weighted by Crippen LogP contribution is -2.55. The molecule has 0 saturated carbocycles. The fourth-order valence-electron chi connectivity index (χ4n) is 14.6. The Morgan fingerprint density at radius 3 is 1.01 bits per heavy atom. The number of amides is 3. The van der Waals surface area contributed by atoms with Crippen molar-refractivity contribution >= 4 is 50.7 Å². The number of phosphoric ester groups is 2. The molecule has 23 atom stereocenters. The van der Waals surface area contributed by atoms with Crippen LogP contribution in [-0.2, 0) is 89.2 Å². The maximum atomic E-state index is 14.1. The van der Waals surface area contributed by atoms with Gasteiger partial charge in [-0.05, 0) is 83.5 Å². The van der Waals surface area contributed by atoms with Gasteiger partial charge in [0, 0.05) is 102 Å². The van der Waals surface area contributed by atoms with Crippen LogP contribution >= 0.6 is 15.6 Å². The monoisotopic (exact) mass is 1590 g/mol. The average molecular weight is 1590 g/mol. The summed E-state index contributed by atoms with van der Waals surface area (Å²) in [6.45, 7) is 5.10. The number of Topliss-reactive ketones (excluding diaryl/α,β-unsaturated/α-hetero) is 3. The van der Waals surface area contributed by atoms with Crippen molar-refractivity contribution in [2.45, 2.75) is 318 Å². The molecule has 6 aliphatic heterocycles. The van der Waals surface area contributed by atoms with Crippen LogP contribution in [0.25, 0.3) is 0 Å². The molecule has 34 nitrogen and oxygen atoms in total. The third kappa shape index (κ3) is 31.0. The lowest BCUT2D eigenvalue weighted by atomic mass is 9.92. The summed E-state index contributed by atoms with van der Waals surface area (Å²) in [5, 5.41) is 100. The molecule has 3 amide bonds. The van der Waals surface area contributed by atoms with E-state index in [0.29, 0.717) is 122 Å². The van der Waals surface area contributed by atoms with E-state index in [-0.39, 0.29) is 139 Å². The topological polar surface area (TPSA) is 491 Å². The number of aliphatic hydroxyl groups excluding tert-OH is 10. The molecule has 6 saturated heterocycles. The van der Waals surface area contributed by atoms with Gasteiger partial charge < -0.3 is 109 Å². The second-order valence-electron chi connectivity index (χ2n) is 30.0. The van der Waals surface area contributed by atoms with Crippen LogP contribution in [0.4, 0.5) is 0 Å². The van der Waals surface area contributed by atoms with Crippen LogP contribution in [-0.4, -0.2) is 307 Å². The number of unbranched alkanes of at least 4 members (excludes halogenated alkanes) is 9. The molecule has 0 aromatic heterocycles. The average Bonchev–Trinajstić information content (AvgIpc) is 1.30. The van der Waals surface area contributed by atoms with E-state index in [0.717, 1.165) is 0 Å². The summed E-state index contributed by atoms with van der Waals surface area (Å²) in [6.07, 6.45) is -4.92. The Labute approximate surface area is 634 Å². The van der Waals surface area contributed by atoms with E-state index in [4.69, 9.17) is 51.3 Å². The molecule has 108 heavy (non-hydrogen) atoms. The summed E-state index contributed by atoms with van der Waals surface area (Å²) in [5.74, 6) is -2.53. The van der Waals surface area contributed by atoms with Crippen molar-refractivity contribution in [2.24, 2.45) is 17.8 Å². The van der Waals surface area contributed by atoms with Crippen molar-refractivity contribution in [1.82, 2.24) is 14.7 Å². The zero-order valence-corrected chi connectivity index (χ0v) is 65.3. The highest BCUT2D eigenvalue weighted by molar-refractivity contribution is 7.47. The van der Waals surface area contributed by atoms with Gasteiger partial charge in [-0.2, -0.15) is 0 Å². The molecule has 6 fully saturated rings. The Bertz CT molecular complexity index is 2780. The number of hydrogen-bond donors (Lipinski definition) is 12. The Morgan fingerprint density at radius 2 is 0.685 bits per heavy atom. The van der Waals surface area contributed by atoms with E-state index in [9.17, 15) is 98.7 Å². The Hall–Kier alpha value is -3.04. The number of hydrogen-bond acceptors (Lipinski definition) is 29. The highest BCUT2D eigenvalue weighted by Crippen LogP contribution is 2.50. The summed E-state index contributed by atoms with van der Waals surface area (Å²) >= 11 is 0. The quantitative estimate of drug-likeness (QED) is 0.0308. The van der Waals surface area contributed by atoms with Crippen LogP contribution in [0.1, 0.15) is 207 Å². The van der Waals surface area contributed by atoms with Gasteiger partial charge >= 0.3 is 15.6 Å². The molecule has 0 aromatic rings. The van der Waals surface area contributed by atoms with E-state index >= 15 is 0 Å². The molecule has 0 spiro atoms. The van der Waals surface area contributed by atoms with Gasteiger partial charge in [0.05, 0.1) is 114 Å². The normalized spacial score (nSPS) is 32.1. The molecular weight excluding hydrogens is 1460 g/mol. The number of likely N-dealkylation sites (tertiary alicyclic amines) is 3. The Balaban J connectivity index is 0.945. The minimum atomic E-state index is -4.96. The molecule has 6 aliphatic rings. The fraction of sp³-hybridized carbons (Fsp3) is 0.917. The molecule has 0 aromatic carbocycles. The summed E-state index contributed by atoms with van der Waals surface area (Å²) in [4.78, 5) is 106. The highest BCUT2D eigenvalue weighted by Gasteiger charge is 2.48. The van der Waals surface area contributed by atoms with E-state index in [1.807, 2.05) is 6.92 Å². The van der Waals surface area contributed by atoms with Crippen LogP contribution in [0, 0.1) is 17.8 Å². The van der Waals surface area contributed by atoms with E-state index in [1.165, 1.54) is 9.80 Å². The predicted octanol–water partition coefficient (Wildman–Crippen LogP) is 2.93. The van der Waals surface area contributed by atoms with Crippen molar-refractivity contribution < 1.29 is 150 Å². The number of ether oxygens (including phenoxy) is 7. The van der Waals surface area contributed by atoms with Gasteiger partial charge in [0.2, 0.25) is 17.7 Å². The zero-order chi connectivity index (χ0) is 79.1. The number of β-amino-alcohol motifs (C(OH)–C–C–N with tert-alkyl or cyclic N) is 1. The first-order valence-electron chi connectivity index (χ1n) is 39.2. The van der Waals surface area contributed by atoms with Gasteiger partial charge in [-0.1, -0.05) is 66.2 Å². The molecule has 6 heterocycles. The van der Waals surface area contributed by atoms with E-state index in [1.54, 1.807) is 25.7 Å². The second kappa shape index (κ2) is 48.4. The van der Waals surface area contributed by atoms with Gasteiger partial charge in [-0.15, -0.1) is 0 Å². The lowest BCUT2D eigenvalue weighted by Gasteiger charge is -2.40. The number of rotatable bonds is 53. The first-order chi connectivity index (χ1) is 51.5. The number of aliphatic hydroxyl groups is 10. The van der Waals surface area contributed by atoms with Gasteiger partial charge in [-0.3, -0.25) is 46.9 Å². The molecule has 8 unspecified atom stereocenters. The largest absolute Gasteiger partial charge is 0.472 e. The number of ketones is 3. The molecule has 36 heteroatoms. The molecule has 12 N–H and O–H groups in total. The minimum absolute atomic E-state index is 0.00464. The van der Waals surface area contributed by atoms with Crippen molar-refractivity contribution in [1.29, 1.82) is 0 Å². The molecule has 0 aliphatic carbocycles. The summed E-state index contributed by atoms with van der Waals surface area (Å²) in [5.41, 5.74) is 0. The van der Waals surface area contributed by atoms with E-state index in [2.05, 4.69) is 0 Å². The van der Waals surface area contributed by atoms with Crippen molar-refractivity contribution in [3.8, 4) is 0 Å². The third-order valence-corrected chi connectivity index (χ3v) is 23.3. The SMILES string of the molecule is CCCOC[C@@H]1C[C@@H](OP(=O)(O)OC[C@@H]2C[C@@H](OP(=O)(O)OC[C@@H]3C[C@@H](O)CN3C(=O)CCCCCCC(=O)CCCO[C@@H]3OC(CO)[C@H](O)[C@H](O)C3C)CN2C(=O)CCCCCCC(=O)CCCO[C@@H]2OC(CO)[C@H](O)[C@H](O)C2C)CN1C(=O)CCCCCCC(=O)CCCO[C@@H]1OC(CO)[C@H](O)[C@H](O)C1C. The van der Waals surface area contributed by atoms with Crippen molar-refractivity contribution in [3.63, 3.8) is 0 Å². The predicted molar refractivity (Wildman–Crippen MR) is 383 cm³/mol. The number of carbonyl (C=O) groups is 6. The molecular formula is C72H127N3O31P2. The first-order valence-corrected chi connectivity index (χ1v) is 42.2. The van der Waals surface area contributed by atoms with Crippen LogP contribution in [0.3, 0.4) is 0 Å². The van der Waals surface area contributed by atoms with E-state index < -0.39 is 183 Å². The zero-order valence-electron chi connectivity index (χ0n) is 63.5. The van der Waals surface area contributed by atoms with Crippen LogP contribution in [0.15, 0.2) is 0 Å². The van der Waals surface area contributed by atoms with Gasteiger partial charge in [0.15, 0.2) is 18.9 Å². The standard InChI is InChI=1S/C72H127N3O31P2/c1-5-30-96-43-50-35-56(38-74(50)62(84)28-16-10-7-13-22-53(80)25-19-32-98-71-47(3)65(87)68(90)59(41-77)103-71)105-108(94,95)101-45-51-36-57(39-75(51)63(85)29-17-11-8-14-23-54(81)26-20-33-99-72-48(4)66(88)69(91)60(42-78)104-72)106-107(92,93)100-44-49-34-55(82)37-73(49)61(83)27-15-9-6-12-21-52(79)24-18-31-97-70-46(2)64(86)67(89)58(40-76)102-70/h46-51,55-60,64-72,76-78,82,86-91H,5-45H2,1-4H3,(H,92,93)(H,94,95)/t46?,47?,48?,49-,50-,51-,55+,56+,57+,58?,59?,60?,64+,65+,66+,67-,68-,69-,70+,71+,72+/m0/s1.